The molecule has 1 aliphatic carbocycles. The van der Waals surface area contributed by atoms with Gasteiger partial charge in [-0.25, -0.2) is 0 Å². The van der Waals surface area contributed by atoms with E-state index in [9.17, 15) is 0 Å². The van der Waals surface area contributed by atoms with Gasteiger partial charge in [-0.2, -0.15) is 0 Å². The summed E-state index contributed by atoms with van der Waals surface area (Å²) in [6, 6.07) is 0. The van der Waals surface area contributed by atoms with E-state index in [1.54, 1.807) is 0 Å². The predicted molar refractivity (Wildman–Crippen MR) is 95.3 cm³/mol. The Labute approximate surface area is 133 Å². The highest BCUT2D eigenvalue weighted by Crippen LogP contribution is 2.37. The molecule has 0 aromatic carbocycles. The fourth-order valence-corrected chi connectivity index (χ4v) is 3.47. The normalized spacial score (nSPS) is 22.3. The van der Waals surface area contributed by atoms with E-state index in [0.29, 0.717) is 0 Å². The molecule has 0 atom stereocenters. The number of aryl methyl sites for hydroxylation is 1. The molecular formula is C20H26N2. The van der Waals surface area contributed by atoms with Crippen LogP contribution >= 0.6 is 0 Å². The van der Waals surface area contributed by atoms with Crippen LogP contribution in [0.4, 0.5) is 0 Å². The molecule has 0 bridgehead atoms. The SMILES string of the molecule is CC1=NC(=C2C=C(c3[nH]c(C)c(C)c3C)CCC2)C(C)=C1C. The van der Waals surface area contributed by atoms with Gasteiger partial charge in [-0.1, -0.05) is 6.08 Å². The van der Waals surface area contributed by atoms with Crippen LogP contribution in [0.3, 0.4) is 0 Å². The average Bonchev–Trinajstić information content (AvgIpc) is 2.92. The molecule has 0 unspecified atom stereocenters. The van der Waals surface area contributed by atoms with Crippen molar-refractivity contribution in [1.29, 1.82) is 0 Å². The molecule has 2 heteroatoms. The van der Waals surface area contributed by atoms with Gasteiger partial charge in [0.2, 0.25) is 0 Å². The van der Waals surface area contributed by atoms with Crippen LogP contribution in [-0.2, 0) is 0 Å². The largest absolute Gasteiger partial charge is 0.358 e. The van der Waals surface area contributed by atoms with Crippen LogP contribution in [0.5, 0.6) is 0 Å². The second-order valence-electron chi connectivity index (χ2n) is 6.72. The Morgan fingerprint density at radius 1 is 0.909 bits per heavy atom. The van der Waals surface area contributed by atoms with Gasteiger partial charge < -0.3 is 4.98 Å². The Hall–Kier alpha value is -1.83. The van der Waals surface area contributed by atoms with Crippen LogP contribution < -0.4 is 0 Å². The molecule has 2 nitrogen and oxygen atoms in total. The summed E-state index contributed by atoms with van der Waals surface area (Å²) >= 11 is 0. The van der Waals surface area contributed by atoms with Gasteiger partial charge in [-0.15, -0.1) is 0 Å². The molecule has 0 radical (unpaired) electrons. The number of hydrogen-bond acceptors (Lipinski definition) is 1. The van der Waals surface area contributed by atoms with E-state index in [1.165, 1.54) is 62.6 Å². The quantitative estimate of drug-likeness (QED) is 0.701. The van der Waals surface area contributed by atoms with E-state index in [-0.39, 0.29) is 0 Å². The fourth-order valence-electron chi connectivity index (χ4n) is 3.47. The first-order chi connectivity index (χ1) is 10.4. The molecule has 1 aliphatic heterocycles. The summed E-state index contributed by atoms with van der Waals surface area (Å²) in [7, 11) is 0. The molecule has 0 amide bonds. The van der Waals surface area contributed by atoms with Crippen LogP contribution in [0.15, 0.2) is 33.5 Å². The van der Waals surface area contributed by atoms with Crippen molar-refractivity contribution >= 4 is 11.3 Å². The molecule has 1 aromatic heterocycles. The highest BCUT2D eigenvalue weighted by Gasteiger charge is 2.21. The highest BCUT2D eigenvalue weighted by atomic mass is 14.8. The lowest BCUT2D eigenvalue weighted by atomic mass is 9.89. The lowest BCUT2D eigenvalue weighted by Crippen LogP contribution is -1.99. The number of aromatic amines is 1. The average molecular weight is 294 g/mol. The first kappa shape index (κ1) is 15.1. The molecule has 0 saturated carbocycles. The van der Waals surface area contributed by atoms with Crippen LogP contribution in [0.1, 0.15) is 62.5 Å². The first-order valence-electron chi connectivity index (χ1n) is 8.23. The number of hydrogen-bond donors (Lipinski definition) is 1. The maximum atomic E-state index is 4.81. The predicted octanol–water partition coefficient (Wildman–Crippen LogP) is 5.57. The summed E-state index contributed by atoms with van der Waals surface area (Å²) in [6.07, 6.45) is 5.89. The smallest absolute Gasteiger partial charge is 0.0697 e. The maximum absolute atomic E-state index is 4.81. The van der Waals surface area contributed by atoms with Crippen molar-refractivity contribution in [3.8, 4) is 0 Å². The van der Waals surface area contributed by atoms with Gasteiger partial charge >= 0.3 is 0 Å². The molecule has 1 N–H and O–H groups in total. The van der Waals surface area contributed by atoms with Crippen molar-refractivity contribution in [2.75, 3.05) is 0 Å². The third-order valence-corrected chi connectivity index (χ3v) is 5.42. The molecule has 0 saturated heterocycles. The monoisotopic (exact) mass is 294 g/mol. The summed E-state index contributed by atoms with van der Waals surface area (Å²) in [5, 5.41) is 0. The third-order valence-electron chi connectivity index (χ3n) is 5.42. The van der Waals surface area contributed by atoms with Crippen molar-refractivity contribution in [3.05, 3.63) is 51.0 Å². The minimum atomic E-state index is 1.14. The zero-order valence-electron chi connectivity index (χ0n) is 14.6. The van der Waals surface area contributed by atoms with Gasteiger partial charge in [0, 0.05) is 17.1 Å². The zero-order valence-corrected chi connectivity index (χ0v) is 14.6. The van der Waals surface area contributed by atoms with Gasteiger partial charge in [-0.05, 0) is 94.2 Å². The summed E-state index contributed by atoms with van der Waals surface area (Å²) in [5.41, 5.74) is 13.3. The van der Waals surface area contributed by atoms with Gasteiger partial charge in [0.05, 0.1) is 5.70 Å². The molecule has 1 aromatic rings. The van der Waals surface area contributed by atoms with E-state index >= 15 is 0 Å². The topological polar surface area (TPSA) is 28.1 Å². The van der Waals surface area contributed by atoms with Crippen molar-refractivity contribution in [2.45, 2.75) is 60.8 Å². The number of aromatic nitrogens is 1. The van der Waals surface area contributed by atoms with Crippen LogP contribution in [0.2, 0.25) is 0 Å². The number of aliphatic imine (C=N–C) groups is 1. The molecular weight excluding hydrogens is 268 g/mol. The third kappa shape index (κ3) is 2.31. The van der Waals surface area contributed by atoms with Crippen molar-refractivity contribution in [2.24, 2.45) is 4.99 Å². The number of rotatable bonds is 1. The van der Waals surface area contributed by atoms with Crippen molar-refractivity contribution < 1.29 is 0 Å². The molecule has 116 valence electrons. The van der Waals surface area contributed by atoms with Crippen LogP contribution in [0.25, 0.3) is 5.57 Å². The highest BCUT2D eigenvalue weighted by molar-refractivity contribution is 6.02. The van der Waals surface area contributed by atoms with E-state index in [1.807, 2.05) is 0 Å². The van der Waals surface area contributed by atoms with Crippen LogP contribution in [-0.4, -0.2) is 10.7 Å². The lowest BCUT2D eigenvalue weighted by molar-refractivity contribution is 0.822. The summed E-state index contributed by atoms with van der Waals surface area (Å²) in [4.78, 5) is 8.40. The Morgan fingerprint density at radius 2 is 1.64 bits per heavy atom. The second-order valence-corrected chi connectivity index (χ2v) is 6.72. The van der Waals surface area contributed by atoms with E-state index < -0.39 is 0 Å². The molecule has 3 rings (SSSR count). The fraction of sp³-hybridized carbons (Fsp3) is 0.450. The number of allylic oxidation sites excluding steroid dienone is 5. The lowest BCUT2D eigenvalue weighted by Gasteiger charge is -2.17. The summed E-state index contributed by atoms with van der Waals surface area (Å²) < 4.78 is 0. The van der Waals surface area contributed by atoms with E-state index in [4.69, 9.17) is 4.99 Å². The Kier molecular flexibility index (Phi) is 3.72. The number of nitrogens with zero attached hydrogens (tertiary/aromatic N) is 1. The minimum Gasteiger partial charge on any atom is -0.358 e. The molecule has 0 spiro atoms. The minimum absolute atomic E-state index is 1.14. The Bertz CT molecular complexity index is 764. The number of nitrogens with one attached hydrogen (secondary N) is 1. The zero-order chi connectivity index (χ0) is 16.0. The summed E-state index contributed by atoms with van der Waals surface area (Å²) in [6.45, 7) is 13.1. The molecule has 0 fully saturated rings. The van der Waals surface area contributed by atoms with Crippen molar-refractivity contribution in [1.82, 2.24) is 4.98 Å². The molecule has 2 heterocycles. The standard InChI is InChI=1S/C20H26N2/c1-11-13(3)19(21-15(11)5)17-8-7-9-18(10-17)20-14(4)12(2)16(6)22-20/h10,21H,7-9H2,1-6H3. The number of H-pyrrole nitrogens is 1. The van der Waals surface area contributed by atoms with E-state index in [2.05, 4.69) is 52.6 Å². The van der Waals surface area contributed by atoms with Gasteiger partial charge in [0.1, 0.15) is 0 Å². The van der Waals surface area contributed by atoms with Gasteiger partial charge in [0.25, 0.3) is 0 Å². The van der Waals surface area contributed by atoms with Crippen molar-refractivity contribution in [3.63, 3.8) is 0 Å². The van der Waals surface area contributed by atoms with Gasteiger partial charge in [0.15, 0.2) is 0 Å². The Morgan fingerprint density at radius 3 is 2.18 bits per heavy atom. The van der Waals surface area contributed by atoms with E-state index in [0.717, 1.165) is 12.8 Å². The van der Waals surface area contributed by atoms with Crippen LogP contribution in [0, 0.1) is 20.8 Å². The maximum Gasteiger partial charge on any atom is 0.0697 e. The Balaban J connectivity index is 2.09. The molecule has 22 heavy (non-hydrogen) atoms. The first-order valence-corrected chi connectivity index (χ1v) is 8.23. The second kappa shape index (κ2) is 5.42. The van der Waals surface area contributed by atoms with Gasteiger partial charge in [-0.3, -0.25) is 4.99 Å². The molecule has 2 aliphatic rings. The summed E-state index contributed by atoms with van der Waals surface area (Å²) in [5.74, 6) is 0.